The Balaban J connectivity index is 2.39. The van der Waals surface area contributed by atoms with E-state index in [-0.39, 0.29) is 0 Å². The summed E-state index contributed by atoms with van der Waals surface area (Å²) in [4.78, 5) is 0. The summed E-state index contributed by atoms with van der Waals surface area (Å²) in [6.07, 6.45) is 3.92. The maximum atomic E-state index is 5.55. The van der Waals surface area contributed by atoms with E-state index in [0.29, 0.717) is 17.4 Å². The lowest BCUT2D eigenvalue weighted by Gasteiger charge is -2.35. The highest BCUT2D eigenvalue weighted by Gasteiger charge is 2.40. The molecule has 0 heterocycles. The third kappa shape index (κ3) is 2.97. The van der Waals surface area contributed by atoms with Crippen molar-refractivity contribution >= 4 is 15.9 Å². The minimum atomic E-state index is 0.352. The van der Waals surface area contributed by atoms with Crippen LogP contribution in [0.15, 0.2) is 22.7 Å². The first kappa shape index (κ1) is 14.9. The Hall–Kier alpha value is -0.540. The molecule has 0 radical (unpaired) electrons. The van der Waals surface area contributed by atoms with Gasteiger partial charge in [0.25, 0.3) is 0 Å². The van der Waals surface area contributed by atoms with E-state index in [1.54, 1.807) is 7.11 Å². The van der Waals surface area contributed by atoms with Crippen molar-refractivity contribution in [1.82, 2.24) is 5.32 Å². The van der Waals surface area contributed by atoms with Crippen molar-refractivity contribution in [2.75, 3.05) is 14.2 Å². The fourth-order valence-electron chi connectivity index (χ4n) is 3.49. The molecule has 1 fully saturated rings. The van der Waals surface area contributed by atoms with Gasteiger partial charge in [0.2, 0.25) is 0 Å². The van der Waals surface area contributed by atoms with Crippen molar-refractivity contribution in [2.24, 2.45) is 11.3 Å². The molecule has 2 atom stereocenters. The minimum Gasteiger partial charge on any atom is -0.496 e. The Labute approximate surface area is 125 Å². The third-order valence-electron chi connectivity index (χ3n) is 4.58. The van der Waals surface area contributed by atoms with Crippen LogP contribution in [-0.2, 0) is 0 Å². The van der Waals surface area contributed by atoms with Gasteiger partial charge in [0.15, 0.2) is 0 Å². The summed E-state index contributed by atoms with van der Waals surface area (Å²) in [6.45, 7) is 4.78. The summed E-state index contributed by atoms with van der Waals surface area (Å²) in [7, 11) is 3.80. The number of nitrogens with one attached hydrogen (secondary N) is 1. The summed E-state index contributed by atoms with van der Waals surface area (Å²) >= 11 is 3.58. The fraction of sp³-hybridized carbons (Fsp3) is 0.625. The molecule has 1 aliphatic carbocycles. The lowest BCUT2D eigenvalue weighted by molar-refractivity contribution is 0.201. The van der Waals surface area contributed by atoms with Gasteiger partial charge in [0.05, 0.1) is 7.11 Å². The van der Waals surface area contributed by atoms with Crippen molar-refractivity contribution in [2.45, 2.75) is 39.2 Å². The first-order chi connectivity index (χ1) is 8.99. The molecular weight excluding hydrogens is 302 g/mol. The Morgan fingerprint density at radius 3 is 2.68 bits per heavy atom. The van der Waals surface area contributed by atoms with E-state index in [1.807, 2.05) is 12.1 Å². The summed E-state index contributed by atoms with van der Waals surface area (Å²) in [5.41, 5.74) is 1.65. The molecule has 0 saturated heterocycles. The largest absolute Gasteiger partial charge is 0.496 e. The molecule has 2 nitrogen and oxygen atoms in total. The van der Waals surface area contributed by atoms with Gasteiger partial charge < -0.3 is 10.1 Å². The molecule has 1 N–H and O–H groups in total. The zero-order valence-corrected chi connectivity index (χ0v) is 13.9. The van der Waals surface area contributed by atoms with Crippen LogP contribution >= 0.6 is 15.9 Å². The molecule has 0 spiro atoms. The zero-order chi connectivity index (χ0) is 14.0. The zero-order valence-electron chi connectivity index (χ0n) is 12.3. The van der Waals surface area contributed by atoms with E-state index >= 15 is 0 Å². The number of ether oxygens (including phenoxy) is 1. The topological polar surface area (TPSA) is 21.3 Å². The SMILES string of the molecule is CNC(c1cc(Br)ccc1OC)C1CCCC1(C)C. The molecule has 3 heteroatoms. The van der Waals surface area contributed by atoms with E-state index in [4.69, 9.17) is 4.74 Å². The second-order valence-electron chi connectivity index (χ2n) is 6.14. The molecule has 106 valence electrons. The Morgan fingerprint density at radius 2 is 2.16 bits per heavy atom. The van der Waals surface area contributed by atoms with Crippen molar-refractivity contribution < 1.29 is 4.74 Å². The predicted molar refractivity (Wildman–Crippen MR) is 83.6 cm³/mol. The van der Waals surface area contributed by atoms with E-state index in [0.717, 1.165) is 10.2 Å². The van der Waals surface area contributed by atoms with E-state index in [9.17, 15) is 0 Å². The van der Waals surface area contributed by atoms with Gasteiger partial charge in [-0.3, -0.25) is 0 Å². The Bertz CT molecular complexity index is 444. The van der Waals surface area contributed by atoms with E-state index in [1.165, 1.54) is 24.8 Å². The summed E-state index contributed by atoms with van der Waals surface area (Å²) in [6, 6.07) is 6.62. The van der Waals surface area contributed by atoms with Gasteiger partial charge in [-0.1, -0.05) is 36.2 Å². The smallest absolute Gasteiger partial charge is 0.123 e. The molecule has 19 heavy (non-hydrogen) atoms. The van der Waals surface area contributed by atoms with Crippen molar-refractivity contribution in [3.8, 4) is 5.75 Å². The second kappa shape index (κ2) is 5.84. The van der Waals surface area contributed by atoms with Crippen molar-refractivity contribution in [3.63, 3.8) is 0 Å². The highest BCUT2D eigenvalue weighted by atomic mass is 79.9. The second-order valence-corrected chi connectivity index (χ2v) is 7.06. The standard InChI is InChI=1S/C16H24BrNO/c1-16(2)9-5-6-13(16)15(18-3)12-10-11(17)7-8-14(12)19-4/h7-8,10,13,15,18H,5-6,9H2,1-4H3. The van der Waals surface area contributed by atoms with Gasteiger partial charge in [0.1, 0.15) is 5.75 Å². The maximum Gasteiger partial charge on any atom is 0.123 e. The number of halogens is 1. The molecule has 1 aromatic rings. The maximum absolute atomic E-state index is 5.55. The first-order valence-electron chi connectivity index (χ1n) is 7.00. The predicted octanol–water partition coefficient (Wildman–Crippen LogP) is 4.54. The van der Waals surface area contributed by atoms with Crippen molar-refractivity contribution in [3.05, 3.63) is 28.2 Å². The number of methoxy groups -OCH3 is 1. The van der Waals surface area contributed by atoms with Crippen LogP contribution < -0.4 is 10.1 Å². The summed E-state index contributed by atoms with van der Waals surface area (Å²) < 4.78 is 6.66. The minimum absolute atomic E-state index is 0.352. The van der Waals surface area contributed by atoms with Crippen LogP contribution in [0.4, 0.5) is 0 Å². The first-order valence-corrected chi connectivity index (χ1v) is 7.79. The molecule has 1 aliphatic rings. The third-order valence-corrected chi connectivity index (χ3v) is 5.07. The van der Waals surface area contributed by atoms with Crippen LogP contribution in [0.5, 0.6) is 5.75 Å². The van der Waals surface area contributed by atoms with Crippen LogP contribution in [0.25, 0.3) is 0 Å². The summed E-state index contributed by atoms with van der Waals surface area (Å²) in [5, 5.41) is 3.52. The van der Waals surface area contributed by atoms with Gasteiger partial charge in [0, 0.05) is 16.1 Å². The van der Waals surface area contributed by atoms with Crippen LogP contribution in [0.3, 0.4) is 0 Å². The average Bonchev–Trinajstić information content (AvgIpc) is 2.71. The molecule has 2 unspecified atom stereocenters. The van der Waals surface area contributed by atoms with Crippen molar-refractivity contribution in [1.29, 1.82) is 0 Å². The van der Waals surface area contributed by atoms with E-state index < -0.39 is 0 Å². The number of benzene rings is 1. The molecule has 0 amide bonds. The van der Waals surface area contributed by atoms with Gasteiger partial charge in [-0.05, 0) is 49.4 Å². The quantitative estimate of drug-likeness (QED) is 0.877. The van der Waals surface area contributed by atoms with E-state index in [2.05, 4.69) is 48.2 Å². The number of hydrogen-bond donors (Lipinski definition) is 1. The molecule has 0 aromatic heterocycles. The molecule has 2 rings (SSSR count). The molecule has 0 bridgehead atoms. The van der Waals surface area contributed by atoms with Gasteiger partial charge in [-0.25, -0.2) is 0 Å². The lowest BCUT2D eigenvalue weighted by atomic mass is 9.75. The Morgan fingerprint density at radius 1 is 1.42 bits per heavy atom. The summed E-state index contributed by atoms with van der Waals surface area (Å²) in [5.74, 6) is 1.63. The number of hydrogen-bond acceptors (Lipinski definition) is 2. The van der Waals surface area contributed by atoms with Gasteiger partial charge in [-0.2, -0.15) is 0 Å². The van der Waals surface area contributed by atoms with Gasteiger partial charge >= 0.3 is 0 Å². The van der Waals surface area contributed by atoms with Crippen LogP contribution in [0.2, 0.25) is 0 Å². The molecule has 1 aromatic carbocycles. The highest BCUT2D eigenvalue weighted by Crippen LogP contribution is 2.50. The Kier molecular flexibility index (Phi) is 4.57. The molecular formula is C16H24BrNO. The van der Waals surface area contributed by atoms with Crippen LogP contribution in [-0.4, -0.2) is 14.2 Å². The fourth-order valence-corrected chi connectivity index (χ4v) is 3.87. The average molecular weight is 326 g/mol. The lowest BCUT2D eigenvalue weighted by Crippen LogP contribution is -2.32. The normalized spacial score (nSPS) is 23.3. The highest BCUT2D eigenvalue weighted by molar-refractivity contribution is 9.10. The van der Waals surface area contributed by atoms with Gasteiger partial charge in [-0.15, -0.1) is 0 Å². The molecule has 0 aliphatic heterocycles. The number of rotatable bonds is 4. The molecule has 1 saturated carbocycles. The van der Waals surface area contributed by atoms with Crippen LogP contribution in [0.1, 0.15) is 44.7 Å². The van der Waals surface area contributed by atoms with Crippen LogP contribution in [0, 0.1) is 11.3 Å². The monoisotopic (exact) mass is 325 g/mol.